The van der Waals surface area contributed by atoms with E-state index in [1.54, 1.807) is 43.0 Å². The highest BCUT2D eigenvalue weighted by Gasteiger charge is 2.29. The summed E-state index contributed by atoms with van der Waals surface area (Å²) < 4.78 is 10.7. The summed E-state index contributed by atoms with van der Waals surface area (Å²) in [4.78, 5) is 25.5. The molecule has 0 aromatic heterocycles. The van der Waals surface area contributed by atoms with Crippen LogP contribution in [0.1, 0.15) is 19.4 Å². The number of rotatable bonds is 5. The van der Waals surface area contributed by atoms with Gasteiger partial charge in [-0.05, 0) is 62.4 Å². The molecule has 0 spiro atoms. The fourth-order valence-corrected chi connectivity index (χ4v) is 2.81. The fourth-order valence-electron chi connectivity index (χ4n) is 2.68. The van der Waals surface area contributed by atoms with Crippen LogP contribution >= 0.6 is 11.6 Å². The summed E-state index contributed by atoms with van der Waals surface area (Å²) in [5.41, 5.74) is 0.501. The molecule has 0 unspecified atom stereocenters. The SMILES string of the molecule is CC(C)(Oc1ccc(Cl)cc1)C(=O)NCC#Cc1ccc(N2CCOC2=O)cc1. The molecule has 0 saturated carbocycles. The molecule has 6 nitrogen and oxygen atoms in total. The highest BCUT2D eigenvalue weighted by molar-refractivity contribution is 6.30. The molecule has 1 N–H and O–H groups in total. The number of cyclic esters (lactones) is 1. The summed E-state index contributed by atoms with van der Waals surface area (Å²) in [5.74, 6) is 6.18. The Hall–Kier alpha value is -3.17. The Bertz CT molecular complexity index is 944. The molecular formula is C22H21ClN2O4. The van der Waals surface area contributed by atoms with Crippen LogP contribution in [0.3, 0.4) is 0 Å². The highest BCUT2D eigenvalue weighted by Crippen LogP contribution is 2.21. The molecule has 1 aliphatic rings. The average Bonchev–Trinajstić information content (AvgIpc) is 3.13. The number of carbonyl (C=O) groups excluding carboxylic acids is 2. The van der Waals surface area contributed by atoms with Crippen LogP contribution in [-0.4, -0.2) is 37.3 Å². The molecule has 1 saturated heterocycles. The van der Waals surface area contributed by atoms with Gasteiger partial charge in [0.25, 0.3) is 5.91 Å². The Morgan fingerprint density at radius 1 is 1.21 bits per heavy atom. The molecule has 29 heavy (non-hydrogen) atoms. The molecular weight excluding hydrogens is 392 g/mol. The number of carbonyl (C=O) groups is 2. The van der Waals surface area contributed by atoms with E-state index in [9.17, 15) is 9.59 Å². The quantitative estimate of drug-likeness (QED) is 0.761. The van der Waals surface area contributed by atoms with Crippen molar-refractivity contribution in [3.05, 3.63) is 59.1 Å². The zero-order valence-electron chi connectivity index (χ0n) is 16.2. The van der Waals surface area contributed by atoms with Gasteiger partial charge in [-0.25, -0.2) is 4.79 Å². The molecule has 0 bridgehead atoms. The largest absolute Gasteiger partial charge is 0.478 e. The molecule has 3 rings (SSSR count). The van der Waals surface area contributed by atoms with Gasteiger partial charge in [-0.2, -0.15) is 0 Å². The molecule has 0 atom stereocenters. The Kier molecular flexibility index (Phi) is 6.30. The van der Waals surface area contributed by atoms with E-state index in [0.29, 0.717) is 23.9 Å². The first kappa shape index (κ1) is 20.6. The summed E-state index contributed by atoms with van der Waals surface area (Å²) in [5, 5.41) is 3.35. The number of nitrogens with one attached hydrogen (secondary N) is 1. The predicted octanol–water partition coefficient (Wildman–Crippen LogP) is 3.62. The maximum absolute atomic E-state index is 12.4. The molecule has 2 aromatic carbocycles. The monoisotopic (exact) mass is 412 g/mol. The second-order valence-corrected chi connectivity index (χ2v) is 7.30. The predicted molar refractivity (Wildman–Crippen MR) is 111 cm³/mol. The minimum Gasteiger partial charge on any atom is -0.478 e. The van der Waals surface area contributed by atoms with Crippen LogP contribution in [0, 0.1) is 11.8 Å². The molecule has 1 fully saturated rings. The summed E-state index contributed by atoms with van der Waals surface area (Å²) in [6.45, 7) is 4.51. The molecule has 7 heteroatoms. The number of hydrogen-bond acceptors (Lipinski definition) is 4. The third kappa shape index (κ3) is 5.43. The zero-order valence-corrected chi connectivity index (χ0v) is 17.0. The second-order valence-electron chi connectivity index (χ2n) is 6.86. The molecule has 0 aliphatic carbocycles. The van der Waals surface area contributed by atoms with E-state index >= 15 is 0 Å². The molecule has 2 aromatic rings. The standard InChI is InChI=1S/C22H21ClN2O4/c1-22(2,29-19-11-7-17(23)8-12-19)20(26)24-13-3-4-16-5-9-18(10-6-16)25-14-15-28-21(25)27/h5-12H,13-15H2,1-2H3,(H,24,26). The maximum atomic E-state index is 12.4. The minimum absolute atomic E-state index is 0.187. The van der Waals surface area contributed by atoms with E-state index in [4.69, 9.17) is 21.1 Å². The zero-order chi connectivity index (χ0) is 20.9. The van der Waals surface area contributed by atoms with E-state index in [0.717, 1.165) is 11.3 Å². The van der Waals surface area contributed by atoms with Crippen molar-refractivity contribution in [3.8, 4) is 17.6 Å². The van der Waals surface area contributed by atoms with Gasteiger partial charge in [0.1, 0.15) is 12.4 Å². The van der Waals surface area contributed by atoms with Gasteiger partial charge in [0, 0.05) is 16.3 Å². The van der Waals surface area contributed by atoms with Crippen LogP contribution in [0.5, 0.6) is 5.75 Å². The van der Waals surface area contributed by atoms with Gasteiger partial charge in [0.2, 0.25) is 0 Å². The van der Waals surface area contributed by atoms with E-state index in [-0.39, 0.29) is 18.5 Å². The van der Waals surface area contributed by atoms with Gasteiger partial charge in [-0.3, -0.25) is 9.69 Å². The van der Waals surface area contributed by atoms with Gasteiger partial charge in [0.05, 0.1) is 13.1 Å². The summed E-state index contributed by atoms with van der Waals surface area (Å²) >= 11 is 5.86. The Balaban J connectivity index is 1.51. The van der Waals surface area contributed by atoms with Crippen LogP contribution in [0.25, 0.3) is 0 Å². The smallest absolute Gasteiger partial charge is 0.414 e. The average molecular weight is 413 g/mol. The molecule has 2 amide bonds. The van der Waals surface area contributed by atoms with E-state index in [1.165, 1.54) is 0 Å². The Morgan fingerprint density at radius 3 is 2.52 bits per heavy atom. The highest BCUT2D eigenvalue weighted by atomic mass is 35.5. The van der Waals surface area contributed by atoms with Crippen LogP contribution in [-0.2, 0) is 9.53 Å². The third-order valence-electron chi connectivity index (χ3n) is 4.24. The number of anilines is 1. The van der Waals surface area contributed by atoms with Crippen molar-refractivity contribution in [2.45, 2.75) is 19.4 Å². The van der Waals surface area contributed by atoms with Crippen molar-refractivity contribution in [3.63, 3.8) is 0 Å². The van der Waals surface area contributed by atoms with Crippen LogP contribution in [0.4, 0.5) is 10.5 Å². The first-order valence-corrected chi connectivity index (χ1v) is 9.49. The van der Waals surface area contributed by atoms with Crippen molar-refractivity contribution < 1.29 is 19.1 Å². The number of halogens is 1. The van der Waals surface area contributed by atoms with Gasteiger partial charge in [0.15, 0.2) is 5.60 Å². The van der Waals surface area contributed by atoms with Crippen molar-refractivity contribution in [2.24, 2.45) is 0 Å². The first-order valence-electron chi connectivity index (χ1n) is 9.11. The summed E-state index contributed by atoms with van der Waals surface area (Å²) in [6, 6.07) is 14.1. The van der Waals surface area contributed by atoms with Crippen molar-refractivity contribution in [2.75, 3.05) is 24.6 Å². The lowest BCUT2D eigenvalue weighted by atomic mass is 10.1. The normalized spacial score (nSPS) is 13.3. The van der Waals surface area contributed by atoms with Crippen LogP contribution in [0.15, 0.2) is 48.5 Å². The lowest BCUT2D eigenvalue weighted by Crippen LogP contribution is -2.46. The number of hydrogen-bond donors (Lipinski definition) is 1. The van der Waals surface area contributed by atoms with Gasteiger partial charge < -0.3 is 14.8 Å². The van der Waals surface area contributed by atoms with Crippen LogP contribution < -0.4 is 15.0 Å². The van der Waals surface area contributed by atoms with Crippen molar-refractivity contribution in [1.82, 2.24) is 5.32 Å². The fraction of sp³-hybridized carbons (Fsp3) is 0.273. The number of benzene rings is 2. The lowest BCUT2D eigenvalue weighted by Gasteiger charge is -2.24. The number of amides is 2. The maximum Gasteiger partial charge on any atom is 0.414 e. The topological polar surface area (TPSA) is 67.9 Å². The molecule has 1 heterocycles. The Labute approximate surface area is 174 Å². The summed E-state index contributed by atoms with van der Waals surface area (Å²) in [6.07, 6.45) is -0.338. The first-order chi connectivity index (χ1) is 13.8. The van der Waals surface area contributed by atoms with Crippen LogP contribution in [0.2, 0.25) is 5.02 Å². The summed E-state index contributed by atoms with van der Waals surface area (Å²) in [7, 11) is 0. The molecule has 1 aliphatic heterocycles. The molecule has 150 valence electrons. The number of ether oxygens (including phenoxy) is 2. The van der Waals surface area contributed by atoms with Gasteiger partial charge in [-0.15, -0.1) is 0 Å². The Morgan fingerprint density at radius 2 is 1.90 bits per heavy atom. The van der Waals surface area contributed by atoms with Crippen molar-refractivity contribution >= 4 is 29.3 Å². The lowest BCUT2D eigenvalue weighted by molar-refractivity contribution is -0.133. The van der Waals surface area contributed by atoms with E-state index < -0.39 is 5.60 Å². The van der Waals surface area contributed by atoms with E-state index in [2.05, 4.69) is 17.2 Å². The van der Waals surface area contributed by atoms with Crippen molar-refractivity contribution in [1.29, 1.82) is 0 Å². The number of nitrogens with zero attached hydrogens (tertiary/aromatic N) is 1. The van der Waals surface area contributed by atoms with E-state index in [1.807, 2.05) is 24.3 Å². The third-order valence-corrected chi connectivity index (χ3v) is 4.50. The van der Waals surface area contributed by atoms with Gasteiger partial charge in [-0.1, -0.05) is 23.4 Å². The minimum atomic E-state index is -1.05. The molecule has 0 radical (unpaired) electrons. The second kappa shape index (κ2) is 8.89. The van der Waals surface area contributed by atoms with Gasteiger partial charge >= 0.3 is 6.09 Å².